The van der Waals surface area contributed by atoms with Crippen LogP contribution in [0, 0.1) is 0 Å². The Morgan fingerprint density at radius 3 is 2.50 bits per heavy atom. The molecule has 2 heteroatoms. The molecule has 2 aromatic carbocycles. The van der Waals surface area contributed by atoms with Gasteiger partial charge >= 0.3 is 0 Å². The summed E-state index contributed by atoms with van der Waals surface area (Å²) in [6, 6.07) is 16.0. The predicted molar refractivity (Wildman–Crippen MR) is 89.7 cm³/mol. The van der Waals surface area contributed by atoms with Crippen LogP contribution in [0.25, 0.3) is 21.8 Å². The van der Waals surface area contributed by atoms with E-state index < -0.39 is 0 Å². The summed E-state index contributed by atoms with van der Waals surface area (Å²) in [5.41, 5.74) is 2.76. The van der Waals surface area contributed by atoms with Gasteiger partial charge in [0.15, 0.2) is 4.90 Å². The lowest BCUT2D eigenvalue weighted by molar-refractivity contribution is 0.827. The Bertz CT molecular complexity index is 766. The van der Waals surface area contributed by atoms with Crippen LogP contribution in [0.1, 0.15) is 19.8 Å². The fraction of sp³-hybridized carbons (Fsp3) is 0.333. The maximum absolute atomic E-state index is 2.47. The molecule has 0 radical (unpaired) electrons. The third-order valence-electron chi connectivity index (χ3n) is 4.42. The van der Waals surface area contributed by atoms with E-state index in [1.54, 1.807) is 4.90 Å². The molecule has 1 saturated heterocycles. The van der Waals surface area contributed by atoms with Gasteiger partial charge in [0.1, 0.15) is 11.5 Å². The molecule has 0 unspecified atom stereocenters. The number of rotatable bonds is 2. The standard InChI is InChI=1S/C18H20NS/c1-2-19-17-8-4-3-7-15(17)16-13-14(9-10-18(16)19)20-11-5-6-12-20/h3-4,7-10,13H,2,5-6,11-12H2,1H3/q+1. The van der Waals surface area contributed by atoms with E-state index in [0.717, 1.165) is 6.54 Å². The number of fused-ring (bicyclic) bond motifs is 3. The molecule has 1 aliphatic rings. The predicted octanol–water partition coefficient (Wildman–Crippen LogP) is 4.59. The second-order valence-corrected chi connectivity index (χ2v) is 7.82. The molecule has 102 valence electrons. The molecule has 0 amide bonds. The van der Waals surface area contributed by atoms with E-state index in [0.29, 0.717) is 10.9 Å². The molecule has 0 saturated carbocycles. The van der Waals surface area contributed by atoms with Crippen LogP contribution >= 0.6 is 0 Å². The zero-order valence-electron chi connectivity index (χ0n) is 11.9. The van der Waals surface area contributed by atoms with Gasteiger partial charge in [-0.05, 0) is 38.0 Å². The topological polar surface area (TPSA) is 4.93 Å². The molecular formula is C18H20NS+. The molecule has 0 N–H and O–H groups in total. The maximum Gasteiger partial charge on any atom is 0.155 e. The number of nitrogens with zero attached hydrogens (tertiary/aromatic N) is 1. The first-order valence-electron chi connectivity index (χ1n) is 7.57. The normalized spacial score (nSPS) is 16.4. The Balaban J connectivity index is 1.99. The minimum Gasteiger partial charge on any atom is -0.341 e. The van der Waals surface area contributed by atoms with Gasteiger partial charge in [-0.1, -0.05) is 18.2 Å². The first-order chi connectivity index (χ1) is 9.88. The smallest absolute Gasteiger partial charge is 0.155 e. The average Bonchev–Trinajstić information content (AvgIpc) is 3.12. The zero-order chi connectivity index (χ0) is 13.5. The molecule has 0 bridgehead atoms. The van der Waals surface area contributed by atoms with Crippen LogP contribution in [0.15, 0.2) is 47.4 Å². The van der Waals surface area contributed by atoms with Gasteiger partial charge in [0.2, 0.25) is 0 Å². The summed E-state index contributed by atoms with van der Waals surface area (Å²) in [6.45, 7) is 3.27. The zero-order valence-corrected chi connectivity index (χ0v) is 12.7. The number of para-hydroxylation sites is 1. The van der Waals surface area contributed by atoms with Crippen LogP contribution in [-0.2, 0) is 17.4 Å². The van der Waals surface area contributed by atoms with Crippen LogP contribution in [0.4, 0.5) is 0 Å². The van der Waals surface area contributed by atoms with Crippen LogP contribution < -0.4 is 0 Å². The Morgan fingerprint density at radius 2 is 1.70 bits per heavy atom. The van der Waals surface area contributed by atoms with Gasteiger partial charge in [0.25, 0.3) is 0 Å². The van der Waals surface area contributed by atoms with E-state index in [9.17, 15) is 0 Å². The second kappa shape index (κ2) is 4.85. The first kappa shape index (κ1) is 12.3. The van der Waals surface area contributed by atoms with E-state index in [4.69, 9.17) is 0 Å². The molecule has 20 heavy (non-hydrogen) atoms. The number of hydrogen-bond acceptors (Lipinski definition) is 0. The molecule has 1 fully saturated rings. The van der Waals surface area contributed by atoms with E-state index in [2.05, 4.69) is 54.0 Å². The van der Waals surface area contributed by atoms with Crippen LogP contribution in [0.5, 0.6) is 0 Å². The largest absolute Gasteiger partial charge is 0.341 e. The highest BCUT2D eigenvalue weighted by atomic mass is 32.2. The molecule has 0 atom stereocenters. The summed E-state index contributed by atoms with van der Waals surface area (Å²) >= 11 is 0. The quantitative estimate of drug-likeness (QED) is 0.606. The lowest BCUT2D eigenvalue weighted by atomic mass is 10.1. The van der Waals surface area contributed by atoms with E-state index in [1.165, 1.54) is 46.2 Å². The van der Waals surface area contributed by atoms with Crippen molar-refractivity contribution in [2.75, 3.05) is 11.5 Å². The lowest BCUT2D eigenvalue weighted by Crippen LogP contribution is -2.03. The fourth-order valence-corrected chi connectivity index (χ4v) is 5.77. The third kappa shape index (κ3) is 1.78. The van der Waals surface area contributed by atoms with Gasteiger partial charge < -0.3 is 4.57 Å². The summed E-state index contributed by atoms with van der Waals surface area (Å²) in [4.78, 5) is 1.58. The highest BCUT2D eigenvalue weighted by Crippen LogP contribution is 2.32. The molecule has 1 nitrogen and oxygen atoms in total. The van der Waals surface area contributed by atoms with Crippen LogP contribution in [0.3, 0.4) is 0 Å². The van der Waals surface area contributed by atoms with Crippen molar-refractivity contribution in [1.82, 2.24) is 4.57 Å². The SMILES string of the molecule is CCn1c2ccccc2c2cc([S+]3CCCC3)ccc21. The fourth-order valence-electron chi connectivity index (χ4n) is 3.44. The number of aryl methyl sites for hydroxylation is 1. The Hall–Kier alpha value is -1.41. The van der Waals surface area contributed by atoms with Crippen molar-refractivity contribution in [3.63, 3.8) is 0 Å². The van der Waals surface area contributed by atoms with Crippen molar-refractivity contribution in [3.05, 3.63) is 42.5 Å². The van der Waals surface area contributed by atoms with Gasteiger partial charge in [-0.25, -0.2) is 0 Å². The van der Waals surface area contributed by atoms with Gasteiger partial charge in [0.05, 0.1) is 0 Å². The van der Waals surface area contributed by atoms with Gasteiger partial charge in [0, 0.05) is 45.3 Å². The summed E-state index contributed by atoms with van der Waals surface area (Å²) < 4.78 is 2.44. The summed E-state index contributed by atoms with van der Waals surface area (Å²) in [5.74, 6) is 2.80. The molecular weight excluding hydrogens is 262 g/mol. The minimum absolute atomic E-state index is 0.508. The maximum atomic E-state index is 2.47. The van der Waals surface area contributed by atoms with E-state index in [-0.39, 0.29) is 0 Å². The average molecular weight is 282 g/mol. The third-order valence-corrected chi connectivity index (χ3v) is 6.91. The first-order valence-corrected chi connectivity index (χ1v) is 9.13. The van der Waals surface area contributed by atoms with Crippen molar-refractivity contribution < 1.29 is 0 Å². The number of benzene rings is 2. The van der Waals surface area contributed by atoms with Crippen molar-refractivity contribution in [1.29, 1.82) is 0 Å². The van der Waals surface area contributed by atoms with Gasteiger partial charge in [-0.3, -0.25) is 0 Å². The summed E-state index contributed by atoms with van der Waals surface area (Å²) in [6.07, 6.45) is 2.83. The van der Waals surface area contributed by atoms with Crippen molar-refractivity contribution in [3.8, 4) is 0 Å². The second-order valence-electron chi connectivity index (χ2n) is 5.55. The van der Waals surface area contributed by atoms with Gasteiger partial charge in [-0.15, -0.1) is 0 Å². The molecule has 0 aliphatic carbocycles. The molecule has 1 aromatic heterocycles. The molecule has 0 spiro atoms. The molecule has 1 aliphatic heterocycles. The van der Waals surface area contributed by atoms with Crippen LogP contribution in [0.2, 0.25) is 0 Å². The summed E-state index contributed by atoms with van der Waals surface area (Å²) in [5, 5.41) is 2.85. The van der Waals surface area contributed by atoms with Crippen molar-refractivity contribution >= 4 is 32.7 Å². The summed E-state index contributed by atoms with van der Waals surface area (Å²) in [7, 11) is 0.508. The van der Waals surface area contributed by atoms with E-state index >= 15 is 0 Å². The van der Waals surface area contributed by atoms with Crippen LogP contribution in [-0.4, -0.2) is 16.1 Å². The monoisotopic (exact) mass is 282 g/mol. The minimum atomic E-state index is 0.508. The van der Waals surface area contributed by atoms with Crippen molar-refractivity contribution in [2.45, 2.75) is 31.2 Å². The highest BCUT2D eigenvalue weighted by molar-refractivity contribution is 7.97. The number of hydrogen-bond donors (Lipinski definition) is 0. The Morgan fingerprint density at radius 1 is 0.950 bits per heavy atom. The Kier molecular flexibility index (Phi) is 2.99. The van der Waals surface area contributed by atoms with E-state index in [1.807, 2.05) is 0 Å². The molecule has 4 rings (SSSR count). The Labute approximate surface area is 122 Å². The lowest BCUT2D eigenvalue weighted by Gasteiger charge is -2.03. The molecule has 3 aromatic rings. The highest BCUT2D eigenvalue weighted by Gasteiger charge is 2.27. The molecule has 2 heterocycles. The van der Waals surface area contributed by atoms with Gasteiger partial charge in [-0.2, -0.15) is 0 Å². The number of aromatic nitrogens is 1. The van der Waals surface area contributed by atoms with Crippen molar-refractivity contribution in [2.24, 2.45) is 0 Å².